The summed E-state index contributed by atoms with van der Waals surface area (Å²) in [5.74, 6) is -0.118. The van der Waals surface area contributed by atoms with Crippen LogP contribution in [0.2, 0.25) is 0 Å². The van der Waals surface area contributed by atoms with E-state index in [0.29, 0.717) is 11.4 Å². The van der Waals surface area contributed by atoms with Gasteiger partial charge in [-0.15, -0.1) is 0 Å². The minimum Gasteiger partial charge on any atom is -0.354 e. The number of amides is 1. The molecule has 1 rings (SSSR count). The van der Waals surface area contributed by atoms with Crippen molar-refractivity contribution in [2.24, 2.45) is 5.41 Å². The van der Waals surface area contributed by atoms with Crippen molar-refractivity contribution in [1.29, 1.82) is 0 Å². The third-order valence-corrected chi connectivity index (χ3v) is 4.44. The molecule has 0 saturated heterocycles. The first-order valence-electron chi connectivity index (χ1n) is 6.35. The summed E-state index contributed by atoms with van der Waals surface area (Å²) in [6.07, 6.45) is 0. The Labute approximate surface area is 119 Å². The maximum absolute atomic E-state index is 12.1. The molecule has 0 aliphatic heterocycles. The van der Waals surface area contributed by atoms with E-state index in [-0.39, 0.29) is 23.9 Å². The summed E-state index contributed by atoms with van der Waals surface area (Å²) in [5, 5.41) is 9.17. The van der Waals surface area contributed by atoms with Gasteiger partial charge in [0, 0.05) is 18.5 Å². The molecule has 0 radical (unpaired) electrons. The standard InChI is InChI=1S/C12H22N4O3S/c1-8-10(9(2)16-15-8)20(18,19)14-7-6-13-11(17)12(3,4)5/h14H,6-7H2,1-5H3,(H,13,17)(H,15,16). The van der Waals surface area contributed by atoms with Crippen LogP contribution in [0.4, 0.5) is 0 Å². The zero-order valence-electron chi connectivity index (χ0n) is 12.5. The molecule has 1 aromatic rings. The molecule has 0 saturated carbocycles. The smallest absolute Gasteiger partial charge is 0.244 e. The van der Waals surface area contributed by atoms with Crippen LogP contribution < -0.4 is 10.0 Å². The maximum atomic E-state index is 12.1. The van der Waals surface area contributed by atoms with Crippen LogP contribution in [0.15, 0.2) is 4.90 Å². The van der Waals surface area contributed by atoms with Crippen LogP contribution in [0, 0.1) is 19.3 Å². The number of aryl methyl sites for hydroxylation is 2. The topological polar surface area (TPSA) is 104 Å². The lowest BCUT2D eigenvalue weighted by Gasteiger charge is -2.17. The van der Waals surface area contributed by atoms with Gasteiger partial charge in [0.15, 0.2) is 0 Å². The van der Waals surface area contributed by atoms with Gasteiger partial charge in [0.1, 0.15) is 4.90 Å². The number of aromatic nitrogens is 2. The van der Waals surface area contributed by atoms with Gasteiger partial charge in [-0.3, -0.25) is 9.89 Å². The summed E-state index contributed by atoms with van der Waals surface area (Å²) in [4.78, 5) is 11.8. The molecule has 0 aliphatic carbocycles. The van der Waals surface area contributed by atoms with Crippen molar-refractivity contribution in [1.82, 2.24) is 20.2 Å². The van der Waals surface area contributed by atoms with Gasteiger partial charge in [0.2, 0.25) is 15.9 Å². The minimum absolute atomic E-state index is 0.118. The lowest BCUT2D eigenvalue weighted by atomic mass is 9.96. The minimum atomic E-state index is -3.61. The zero-order valence-corrected chi connectivity index (χ0v) is 13.3. The van der Waals surface area contributed by atoms with Gasteiger partial charge >= 0.3 is 0 Å². The third-order valence-electron chi connectivity index (χ3n) is 2.71. The molecule has 7 nitrogen and oxygen atoms in total. The summed E-state index contributed by atoms with van der Waals surface area (Å²) in [7, 11) is -3.61. The van der Waals surface area contributed by atoms with Gasteiger partial charge in [-0.2, -0.15) is 5.10 Å². The van der Waals surface area contributed by atoms with Gasteiger partial charge in [-0.1, -0.05) is 20.8 Å². The van der Waals surface area contributed by atoms with Gasteiger partial charge in [-0.25, -0.2) is 13.1 Å². The van der Waals surface area contributed by atoms with E-state index in [4.69, 9.17) is 0 Å². The van der Waals surface area contributed by atoms with Gasteiger partial charge in [-0.05, 0) is 13.8 Å². The Kier molecular flexibility index (Phi) is 4.93. The summed E-state index contributed by atoms with van der Waals surface area (Å²) in [6.45, 7) is 9.04. The van der Waals surface area contributed by atoms with Crippen LogP contribution >= 0.6 is 0 Å². The summed E-state index contributed by atoms with van der Waals surface area (Å²) >= 11 is 0. The number of carbonyl (C=O) groups excluding carboxylic acids is 1. The fourth-order valence-electron chi connectivity index (χ4n) is 1.64. The molecule has 0 fully saturated rings. The monoisotopic (exact) mass is 302 g/mol. The molecular formula is C12H22N4O3S. The number of H-pyrrole nitrogens is 1. The Morgan fingerprint density at radius 2 is 1.85 bits per heavy atom. The molecule has 0 aliphatic rings. The number of nitrogens with zero attached hydrogens (tertiary/aromatic N) is 1. The van der Waals surface area contributed by atoms with Gasteiger partial charge in [0.05, 0.1) is 11.4 Å². The van der Waals surface area contributed by atoms with Crippen LogP contribution in [0.25, 0.3) is 0 Å². The first kappa shape index (κ1) is 16.6. The quantitative estimate of drug-likeness (QED) is 0.688. The van der Waals surface area contributed by atoms with E-state index in [9.17, 15) is 13.2 Å². The van der Waals surface area contributed by atoms with Gasteiger partial charge in [0.25, 0.3) is 0 Å². The molecule has 0 spiro atoms. The van der Waals surface area contributed by atoms with Crippen LogP contribution in [0.1, 0.15) is 32.2 Å². The van der Waals surface area contributed by atoms with E-state index < -0.39 is 15.4 Å². The molecule has 20 heavy (non-hydrogen) atoms. The molecule has 1 aromatic heterocycles. The zero-order chi connectivity index (χ0) is 15.6. The lowest BCUT2D eigenvalue weighted by molar-refractivity contribution is -0.128. The molecule has 1 amide bonds. The van der Waals surface area contributed by atoms with E-state index in [2.05, 4.69) is 20.2 Å². The Hall–Kier alpha value is -1.41. The van der Waals surface area contributed by atoms with Crippen molar-refractivity contribution in [3.05, 3.63) is 11.4 Å². The summed E-state index contributed by atoms with van der Waals surface area (Å²) in [6, 6.07) is 0. The Morgan fingerprint density at radius 3 is 2.30 bits per heavy atom. The normalized spacial score (nSPS) is 12.4. The first-order chi connectivity index (χ1) is 9.05. The van der Waals surface area contributed by atoms with E-state index in [1.54, 1.807) is 34.6 Å². The van der Waals surface area contributed by atoms with Crippen molar-refractivity contribution in [3.63, 3.8) is 0 Å². The van der Waals surface area contributed by atoms with Gasteiger partial charge < -0.3 is 5.32 Å². The molecular weight excluding hydrogens is 280 g/mol. The predicted molar refractivity (Wildman–Crippen MR) is 75.7 cm³/mol. The first-order valence-corrected chi connectivity index (χ1v) is 7.83. The van der Waals surface area contributed by atoms with Crippen LogP contribution in [0.5, 0.6) is 0 Å². The molecule has 0 unspecified atom stereocenters. The highest BCUT2D eigenvalue weighted by atomic mass is 32.2. The molecule has 114 valence electrons. The average Bonchev–Trinajstić information content (AvgIpc) is 2.63. The second-order valence-corrected chi connectivity index (χ2v) is 7.37. The maximum Gasteiger partial charge on any atom is 0.244 e. The fourth-order valence-corrected chi connectivity index (χ4v) is 3.03. The summed E-state index contributed by atoms with van der Waals surface area (Å²) in [5.41, 5.74) is 0.429. The van der Waals surface area contributed by atoms with E-state index in [1.165, 1.54) is 0 Å². The highest BCUT2D eigenvalue weighted by Crippen LogP contribution is 2.16. The molecule has 0 atom stereocenters. The van der Waals surface area contributed by atoms with Crippen molar-refractivity contribution < 1.29 is 13.2 Å². The van der Waals surface area contributed by atoms with E-state index in [0.717, 1.165) is 0 Å². The number of carbonyl (C=O) groups is 1. The van der Waals surface area contributed by atoms with Crippen LogP contribution in [-0.4, -0.2) is 37.6 Å². The van der Waals surface area contributed by atoms with E-state index in [1.807, 2.05) is 0 Å². The number of nitrogens with one attached hydrogen (secondary N) is 3. The molecule has 1 heterocycles. The number of sulfonamides is 1. The summed E-state index contributed by atoms with van der Waals surface area (Å²) < 4.78 is 26.6. The SMILES string of the molecule is Cc1n[nH]c(C)c1S(=O)(=O)NCCNC(=O)C(C)(C)C. The number of aromatic amines is 1. The Balaban J connectivity index is 2.56. The average molecular weight is 302 g/mol. The lowest BCUT2D eigenvalue weighted by Crippen LogP contribution is -2.40. The predicted octanol–water partition coefficient (Wildman–Crippen LogP) is 0.467. The Bertz CT molecular complexity index is 565. The second-order valence-electron chi connectivity index (χ2n) is 5.67. The fraction of sp³-hybridized carbons (Fsp3) is 0.667. The number of rotatable bonds is 5. The third kappa shape index (κ3) is 4.04. The van der Waals surface area contributed by atoms with Crippen molar-refractivity contribution in [2.75, 3.05) is 13.1 Å². The largest absolute Gasteiger partial charge is 0.354 e. The van der Waals surface area contributed by atoms with Crippen LogP contribution in [-0.2, 0) is 14.8 Å². The molecule has 0 aromatic carbocycles. The van der Waals surface area contributed by atoms with Crippen molar-refractivity contribution in [3.8, 4) is 0 Å². The van der Waals surface area contributed by atoms with Crippen molar-refractivity contribution in [2.45, 2.75) is 39.5 Å². The van der Waals surface area contributed by atoms with E-state index >= 15 is 0 Å². The molecule has 8 heteroatoms. The highest BCUT2D eigenvalue weighted by Gasteiger charge is 2.23. The van der Waals surface area contributed by atoms with Crippen LogP contribution in [0.3, 0.4) is 0 Å². The molecule has 0 bridgehead atoms. The Morgan fingerprint density at radius 1 is 1.25 bits per heavy atom. The highest BCUT2D eigenvalue weighted by molar-refractivity contribution is 7.89. The number of hydrogen-bond acceptors (Lipinski definition) is 4. The number of hydrogen-bond donors (Lipinski definition) is 3. The van der Waals surface area contributed by atoms with Crippen molar-refractivity contribution >= 4 is 15.9 Å². The second kappa shape index (κ2) is 5.92. The molecule has 3 N–H and O–H groups in total.